The topological polar surface area (TPSA) is 81.6 Å². The predicted molar refractivity (Wildman–Crippen MR) is 171 cm³/mol. The molecule has 0 aliphatic carbocycles. The first-order valence-corrected chi connectivity index (χ1v) is 15.0. The lowest BCUT2D eigenvalue weighted by Gasteiger charge is -2.32. The van der Waals surface area contributed by atoms with Gasteiger partial charge in [-0.1, -0.05) is 47.5 Å². The summed E-state index contributed by atoms with van der Waals surface area (Å²) in [4.78, 5) is 38.9. The van der Waals surface area contributed by atoms with Crippen LogP contribution in [0, 0.1) is 0 Å². The van der Waals surface area contributed by atoms with Crippen molar-refractivity contribution in [3.63, 3.8) is 0 Å². The Bertz CT molecular complexity index is 1390. The number of benzene rings is 2. The highest BCUT2D eigenvalue weighted by molar-refractivity contribution is 6.30. The van der Waals surface area contributed by atoms with E-state index in [1.807, 2.05) is 55.5 Å². The van der Waals surface area contributed by atoms with Crippen molar-refractivity contribution < 1.29 is 14.3 Å². The number of likely N-dealkylation sites (N-methyl/N-ethyl adjacent to an activating group) is 2. The monoisotopic (exact) mass is 624 g/mol. The van der Waals surface area contributed by atoms with Crippen molar-refractivity contribution >= 4 is 41.4 Å². The van der Waals surface area contributed by atoms with E-state index in [1.165, 1.54) is 0 Å². The van der Waals surface area contributed by atoms with Gasteiger partial charge in [-0.05, 0) is 54.4 Å². The molecule has 2 amide bonds. The van der Waals surface area contributed by atoms with Gasteiger partial charge in [0.2, 0.25) is 18.2 Å². The third-order valence-electron chi connectivity index (χ3n) is 7.44. The van der Waals surface area contributed by atoms with Crippen molar-refractivity contribution in [3.8, 4) is 5.88 Å². The SMILES string of the molecule is CCOc1ncccc1C1=NC(c2ccc(Cl)cc2)C(c2ccc(Cl)cc2)N1C.CN(C)C(=O)CN1CCN(C=O)CC1. The molecule has 2 aromatic carbocycles. The molecule has 3 aromatic rings. The Morgan fingerprint density at radius 2 is 1.58 bits per heavy atom. The number of amidine groups is 1. The Labute approximate surface area is 263 Å². The number of ether oxygens (including phenoxy) is 1. The van der Waals surface area contributed by atoms with Gasteiger partial charge in [0.1, 0.15) is 11.9 Å². The molecule has 43 heavy (non-hydrogen) atoms. The summed E-state index contributed by atoms with van der Waals surface area (Å²) >= 11 is 12.2. The van der Waals surface area contributed by atoms with E-state index in [2.05, 4.69) is 34.0 Å². The average Bonchev–Trinajstić information content (AvgIpc) is 3.35. The van der Waals surface area contributed by atoms with Gasteiger partial charge in [0, 0.05) is 63.6 Å². The van der Waals surface area contributed by atoms with Crippen LogP contribution in [0.15, 0.2) is 71.9 Å². The van der Waals surface area contributed by atoms with Crippen molar-refractivity contribution in [2.75, 3.05) is 60.5 Å². The predicted octanol–water partition coefficient (Wildman–Crippen LogP) is 4.81. The fourth-order valence-electron chi connectivity index (χ4n) is 5.05. The molecule has 1 aromatic heterocycles. The number of amides is 2. The molecule has 2 unspecified atom stereocenters. The minimum absolute atomic E-state index is 0.0122. The standard InChI is InChI=1S/C23H21Cl2N3O.C9H17N3O2/c1-3-29-23-19(5-4-14-26-23)22-27-20(15-6-10-17(24)11-7-15)21(28(22)2)16-8-12-18(25)13-9-16;1-10(2)9(14)7-11-3-5-12(8-13)6-4-11/h4-14,20-21H,3H2,1-2H3;8H,3-7H2,1-2H3. The van der Waals surface area contributed by atoms with Gasteiger partial charge in [0.25, 0.3) is 0 Å². The van der Waals surface area contributed by atoms with Gasteiger partial charge in [-0.3, -0.25) is 19.5 Å². The molecule has 228 valence electrons. The Morgan fingerprint density at radius 1 is 0.977 bits per heavy atom. The van der Waals surface area contributed by atoms with E-state index >= 15 is 0 Å². The number of aliphatic imine (C=N–C) groups is 1. The molecule has 2 atom stereocenters. The van der Waals surface area contributed by atoms with Gasteiger partial charge in [-0.25, -0.2) is 4.98 Å². The van der Waals surface area contributed by atoms with Crippen molar-refractivity contribution in [2.24, 2.45) is 4.99 Å². The van der Waals surface area contributed by atoms with Crippen molar-refractivity contribution in [1.82, 2.24) is 24.6 Å². The van der Waals surface area contributed by atoms with Gasteiger partial charge in [-0.2, -0.15) is 0 Å². The molecule has 0 bridgehead atoms. The lowest BCUT2D eigenvalue weighted by atomic mass is 9.94. The summed E-state index contributed by atoms with van der Waals surface area (Å²) in [6.45, 7) is 5.98. The minimum Gasteiger partial charge on any atom is -0.477 e. The van der Waals surface area contributed by atoms with Crippen molar-refractivity contribution in [2.45, 2.75) is 19.0 Å². The van der Waals surface area contributed by atoms with E-state index in [9.17, 15) is 9.59 Å². The number of hydrogen-bond donors (Lipinski definition) is 0. The lowest BCUT2D eigenvalue weighted by molar-refractivity contribution is -0.130. The molecule has 11 heteroatoms. The maximum Gasteiger partial charge on any atom is 0.236 e. The maximum absolute atomic E-state index is 11.4. The third-order valence-corrected chi connectivity index (χ3v) is 7.95. The van der Waals surface area contributed by atoms with Crippen LogP contribution >= 0.6 is 23.2 Å². The average molecular weight is 626 g/mol. The van der Waals surface area contributed by atoms with Crippen LogP contribution in [-0.2, 0) is 9.59 Å². The number of carbonyl (C=O) groups is 2. The summed E-state index contributed by atoms with van der Waals surface area (Å²) < 4.78 is 5.76. The molecule has 5 rings (SSSR count). The van der Waals surface area contributed by atoms with Crippen LogP contribution in [0.4, 0.5) is 0 Å². The van der Waals surface area contributed by atoms with Crippen LogP contribution in [0.2, 0.25) is 10.0 Å². The van der Waals surface area contributed by atoms with Gasteiger partial charge in [0.15, 0.2) is 0 Å². The quantitative estimate of drug-likeness (QED) is 0.335. The van der Waals surface area contributed by atoms with Crippen LogP contribution in [-0.4, -0.2) is 103 Å². The van der Waals surface area contributed by atoms with Crippen molar-refractivity contribution in [3.05, 3.63) is 93.6 Å². The number of halogens is 2. The Hall–Kier alpha value is -3.66. The molecule has 1 saturated heterocycles. The second-order valence-electron chi connectivity index (χ2n) is 10.6. The van der Waals surface area contributed by atoms with E-state index < -0.39 is 0 Å². The molecular formula is C32H38Cl2N6O3. The highest BCUT2D eigenvalue weighted by atomic mass is 35.5. The Balaban J connectivity index is 0.000000255. The Morgan fingerprint density at radius 3 is 2.14 bits per heavy atom. The third kappa shape index (κ3) is 8.25. The van der Waals surface area contributed by atoms with Crippen LogP contribution in [0.3, 0.4) is 0 Å². The molecule has 3 heterocycles. The number of piperazine rings is 1. The van der Waals surface area contributed by atoms with Gasteiger partial charge < -0.3 is 19.4 Å². The van der Waals surface area contributed by atoms with E-state index in [4.69, 9.17) is 32.9 Å². The van der Waals surface area contributed by atoms with Crippen LogP contribution in [0.1, 0.15) is 35.7 Å². The number of aromatic nitrogens is 1. The maximum atomic E-state index is 11.4. The van der Waals surface area contributed by atoms with Crippen LogP contribution < -0.4 is 4.74 Å². The number of rotatable bonds is 8. The summed E-state index contributed by atoms with van der Waals surface area (Å²) in [5, 5.41) is 1.42. The van der Waals surface area contributed by atoms with E-state index in [0.717, 1.165) is 55.1 Å². The molecule has 0 spiro atoms. The van der Waals surface area contributed by atoms with Gasteiger partial charge in [0.05, 0.1) is 24.8 Å². The number of pyridine rings is 1. The molecule has 1 fully saturated rings. The van der Waals surface area contributed by atoms with E-state index in [-0.39, 0.29) is 18.0 Å². The number of hydrogen-bond acceptors (Lipinski definition) is 7. The highest BCUT2D eigenvalue weighted by Gasteiger charge is 2.37. The number of nitrogens with zero attached hydrogens (tertiary/aromatic N) is 6. The zero-order valence-corrected chi connectivity index (χ0v) is 26.5. The molecule has 0 N–H and O–H groups in total. The van der Waals surface area contributed by atoms with Gasteiger partial charge in [-0.15, -0.1) is 0 Å². The first kappa shape index (κ1) is 32.3. The van der Waals surface area contributed by atoms with Crippen molar-refractivity contribution in [1.29, 1.82) is 0 Å². The van der Waals surface area contributed by atoms with Crippen LogP contribution in [0.25, 0.3) is 0 Å². The smallest absolute Gasteiger partial charge is 0.236 e. The summed E-state index contributed by atoms with van der Waals surface area (Å²) in [6, 6.07) is 19.6. The first-order chi connectivity index (χ1) is 20.7. The normalized spacial score (nSPS) is 18.4. The van der Waals surface area contributed by atoms with Crippen LogP contribution in [0.5, 0.6) is 5.88 Å². The fourth-order valence-corrected chi connectivity index (χ4v) is 5.30. The highest BCUT2D eigenvalue weighted by Crippen LogP contribution is 2.43. The molecule has 9 nitrogen and oxygen atoms in total. The summed E-state index contributed by atoms with van der Waals surface area (Å²) in [5.41, 5.74) is 3.11. The minimum atomic E-state index is -0.0943. The van der Waals surface area contributed by atoms with E-state index in [1.54, 1.807) is 30.1 Å². The first-order valence-electron chi connectivity index (χ1n) is 14.2. The zero-order valence-electron chi connectivity index (χ0n) is 25.0. The fraction of sp³-hybridized carbons (Fsp3) is 0.375. The summed E-state index contributed by atoms with van der Waals surface area (Å²) in [6.07, 6.45) is 2.60. The molecule has 0 saturated carbocycles. The lowest BCUT2D eigenvalue weighted by Crippen LogP contribution is -2.48. The molecule has 0 radical (unpaired) electrons. The molecule has 2 aliphatic heterocycles. The second-order valence-corrected chi connectivity index (χ2v) is 11.4. The second kappa shape index (κ2) is 15.2. The van der Waals surface area contributed by atoms with E-state index in [0.29, 0.717) is 29.1 Å². The largest absolute Gasteiger partial charge is 0.477 e. The van der Waals surface area contributed by atoms with Gasteiger partial charge >= 0.3 is 0 Å². The summed E-state index contributed by atoms with van der Waals surface area (Å²) in [5.74, 6) is 1.55. The molecule has 2 aliphatic rings. The molecular weight excluding hydrogens is 587 g/mol. The Kier molecular flexibility index (Phi) is 11.4. The number of carbonyl (C=O) groups excluding carboxylic acids is 2. The summed E-state index contributed by atoms with van der Waals surface area (Å²) in [7, 11) is 5.56. The zero-order chi connectivity index (χ0) is 30.9.